The summed E-state index contributed by atoms with van der Waals surface area (Å²) in [5, 5.41) is 0. The number of rotatable bonds is 2. The van der Waals surface area contributed by atoms with Gasteiger partial charge in [0.25, 0.3) is 0 Å². The summed E-state index contributed by atoms with van der Waals surface area (Å²) in [6.45, 7) is 7.25. The second-order valence-electron chi connectivity index (χ2n) is 10.2. The Morgan fingerprint density at radius 3 is 2.82 bits per heavy atom. The lowest BCUT2D eigenvalue weighted by Crippen LogP contribution is -2.50. The molecule has 148 valence electrons. The zero-order valence-electron chi connectivity index (χ0n) is 17.6. The molecule has 28 heavy (non-hydrogen) atoms. The molecule has 0 bridgehead atoms. The monoisotopic (exact) mass is 375 g/mol. The zero-order valence-corrected chi connectivity index (χ0v) is 17.6. The predicted octanol–water partition coefficient (Wildman–Crippen LogP) is 6.17. The van der Waals surface area contributed by atoms with Crippen LogP contribution in [0.15, 0.2) is 36.2 Å². The van der Waals surface area contributed by atoms with Crippen LogP contribution < -0.4 is 0 Å². The zero-order chi connectivity index (χ0) is 19.5. The van der Waals surface area contributed by atoms with Gasteiger partial charge in [-0.05, 0) is 78.9 Å². The van der Waals surface area contributed by atoms with E-state index in [1.165, 1.54) is 42.4 Å². The van der Waals surface area contributed by atoms with E-state index in [1.807, 2.05) is 6.20 Å². The Morgan fingerprint density at radius 2 is 2.00 bits per heavy atom. The average Bonchev–Trinajstić information content (AvgIpc) is 3.05. The molecule has 5 atom stereocenters. The molecule has 0 radical (unpaired) electrons. The van der Waals surface area contributed by atoms with Crippen LogP contribution in [0.3, 0.4) is 0 Å². The van der Waals surface area contributed by atoms with Crippen molar-refractivity contribution in [3.8, 4) is 0 Å². The van der Waals surface area contributed by atoms with Gasteiger partial charge in [0, 0.05) is 36.2 Å². The van der Waals surface area contributed by atoms with Crippen molar-refractivity contribution < 1.29 is 4.79 Å². The van der Waals surface area contributed by atoms with Crippen molar-refractivity contribution in [1.82, 2.24) is 4.98 Å². The summed E-state index contributed by atoms with van der Waals surface area (Å²) >= 11 is 0. The number of fused-ring (bicyclic) bond motifs is 5. The summed E-state index contributed by atoms with van der Waals surface area (Å²) in [6, 6.07) is 2.19. The molecule has 1 aromatic rings. The molecule has 0 aliphatic heterocycles. The largest absolute Gasteiger partial charge is 0.300 e. The molecule has 2 nitrogen and oxygen atoms in total. The number of pyridine rings is 1. The molecule has 4 aliphatic rings. The third-order valence-corrected chi connectivity index (χ3v) is 9.11. The van der Waals surface area contributed by atoms with Crippen molar-refractivity contribution in [3.05, 3.63) is 47.3 Å². The molecule has 0 N–H and O–H groups in total. The standard InChI is InChI=1S/C26H33NO/c1-4-17-11-14-27-16-21(17)23-8-7-22-20-6-5-18-15-19(28)9-12-25(18,2)24(20)10-13-26(22,23)3/h7-8,11,14,16,18,20,24H,4-6,9-10,12-13,15H2,1-3H3/t18?,20-,24-,25-,26-/m0/s1. The summed E-state index contributed by atoms with van der Waals surface area (Å²) in [6.07, 6.45) is 17.8. The number of allylic oxidation sites excluding steroid dienone is 4. The van der Waals surface area contributed by atoms with Gasteiger partial charge in [-0.3, -0.25) is 9.78 Å². The molecule has 3 fully saturated rings. The summed E-state index contributed by atoms with van der Waals surface area (Å²) in [5.74, 6) is 2.59. The van der Waals surface area contributed by atoms with Crippen LogP contribution in [0.25, 0.3) is 5.57 Å². The summed E-state index contributed by atoms with van der Waals surface area (Å²) in [4.78, 5) is 16.6. The fourth-order valence-corrected chi connectivity index (χ4v) is 7.40. The van der Waals surface area contributed by atoms with Crippen molar-refractivity contribution in [2.75, 3.05) is 0 Å². The number of aryl methyl sites for hydroxylation is 1. The van der Waals surface area contributed by atoms with Crippen LogP contribution in [0.5, 0.6) is 0 Å². The number of hydrogen-bond acceptors (Lipinski definition) is 2. The maximum absolute atomic E-state index is 12.1. The Hall–Kier alpha value is -1.70. The molecule has 2 heteroatoms. The summed E-state index contributed by atoms with van der Waals surface area (Å²) in [5.41, 5.74) is 6.49. The molecule has 3 saturated carbocycles. The van der Waals surface area contributed by atoms with E-state index >= 15 is 0 Å². The quantitative estimate of drug-likeness (QED) is 0.619. The second kappa shape index (κ2) is 6.40. The van der Waals surface area contributed by atoms with Crippen LogP contribution in [-0.4, -0.2) is 10.8 Å². The highest BCUT2D eigenvalue weighted by Crippen LogP contribution is 2.65. The molecular formula is C26H33NO. The lowest BCUT2D eigenvalue weighted by atomic mass is 9.46. The van der Waals surface area contributed by atoms with E-state index in [1.54, 1.807) is 5.57 Å². The van der Waals surface area contributed by atoms with E-state index in [2.05, 4.69) is 50.2 Å². The predicted molar refractivity (Wildman–Crippen MR) is 114 cm³/mol. The first-order valence-corrected chi connectivity index (χ1v) is 11.3. The number of carbonyl (C=O) groups excluding carboxylic acids is 1. The minimum Gasteiger partial charge on any atom is -0.300 e. The average molecular weight is 376 g/mol. The molecule has 1 aromatic heterocycles. The molecule has 1 unspecified atom stereocenters. The van der Waals surface area contributed by atoms with Gasteiger partial charge < -0.3 is 0 Å². The number of hydrogen-bond donors (Lipinski definition) is 0. The molecule has 0 spiro atoms. The molecule has 0 saturated heterocycles. The Labute approximate surface area is 169 Å². The molecule has 4 aliphatic carbocycles. The molecule has 5 rings (SSSR count). The van der Waals surface area contributed by atoms with Gasteiger partial charge in [0.15, 0.2) is 0 Å². The van der Waals surface area contributed by atoms with Crippen LogP contribution >= 0.6 is 0 Å². The van der Waals surface area contributed by atoms with Crippen LogP contribution in [0.1, 0.15) is 76.8 Å². The highest BCUT2D eigenvalue weighted by molar-refractivity contribution is 5.81. The first kappa shape index (κ1) is 18.3. The number of carbonyl (C=O) groups is 1. The highest BCUT2D eigenvalue weighted by Gasteiger charge is 2.56. The third kappa shape index (κ3) is 2.46. The fraction of sp³-hybridized carbons (Fsp3) is 0.615. The van der Waals surface area contributed by atoms with Crippen molar-refractivity contribution in [3.63, 3.8) is 0 Å². The van der Waals surface area contributed by atoms with E-state index in [9.17, 15) is 4.79 Å². The van der Waals surface area contributed by atoms with E-state index in [0.717, 1.165) is 31.6 Å². The lowest BCUT2D eigenvalue weighted by molar-refractivity contribution is -0.130. The van der Waals surface area contributed by atoms with Crippen LogP contribution in [0, 0.1) is 28.6 Å². The topological polar surface area (TPSA) is 30.0 Å². The van der Waals surface area contributed by atoms with Gasteiger partial charge in [0.1, 0.15) is 5.78 Å². The van der Waals surface area contributed by atoms with Gasteiger partial charge in [-0.25, -0.2) is 0 Å². The molecular weight excluding hydrogens is 342 g/mol. The number of aromatic nitrogens is 1. The number of ketones is 1. The maximum atomic E-state index is 12.1. The van der Waals surface area contributed by atoms with Gasteiger partial charge in [-0.15, -0.1) is 0 Å². The van der Waals surface area contributed by atoms with Gasteiger partial charge in [-0.1, -0.05) is 38.5 Å². The molecule has 1 heterocycles. The normalized spacial score (nSPS) is 39.5. The summed E-state index contributed by atoms with van der Waals surface area (Å²) in [7, 11) is 0. The molecule has 0 aromatic carbocycles. The van der Waals surface area contributed by atoms with E-state index in [0.29, 0.717) is 23.0 Å². The van der Waals surface area contributed by atoms with Crippen LogP contribution in [-0.2, 0) is 11.2 Å². The van der Waals surface area contributed by atoms with Gasteiger partial charge in [0.2, 0.25) is 0 Å². The van der Waals surface area contributed by atoms with Crippen molar-refractivity contribution >= 4 is 11.4 Å². The second-order valence-corrected chi connectivity index (χ2v) is 10.2. The van der Waals surface area contributed by atoms with Crippen LogP contribution in [0.4, 0.5) is 0 Å². The lowest BCUT2D eigenvalue weighted by Gasteiger charge is -2.58. The summed E-state index contributed by atoms with van der Waals surface area (Å²) < 4.78 is 0. The minimum absolute atomic E-state index is 0.168. The highest BCUT2D eigenvalue weighted by atomic mass is 16.1. The first-order valence-electron chi connectivity index (χ1n) is 11.3. The van der Waals surface area contributed by atoms with Crippen molar-refractivity contribution in [2.24, 2.45) is 28.6 Å². The van der Waals surface area contributed by atoms with Gasteiger partial charge >= 0.3 is 0 Å². The Balaban J connectivity index is 1.48. The molecule has 0 amide bonds. The van der Waals surface area contributed by atoms with Crippen LogP contribution in [0.2, 0.25) is 0 Å². The third-order valence-electron chi connectivity index (χ3n) is 9.11. The van der Waals surface area contributed by atoms with Gasteiger partial charge in [-0.2, -0.15) is 0 Å². The maximum Gasteiger partial charge on any atom is 0.133 e. The van der Waals surface area contributed by atoms with Gasteiger partial charge in [0.05, 0.1) is 0 Å². The van der Waals surface area contributed by atoms with E-state index in [-0.39, 0.29) is 5.41 Å². The Morgan fingerprint density at radius 1 is 1.14 bits per heavy atom. The van der Waals surface area contributed by atoms with E-state index in [4.69, 9.17) is 0 Å². The minimum atomic E-state index is 0.168. The number of nitrogens with zero attached hydrogens (tertiary/aromatic N) is 1. The Bertz CT molecular complexity index is 880. The van der Waals surface area contributed by atoms with Crippen molar-refractivity contribution in [2.45, 2.75) is 72.1 Å². The van der Waals surface area contributed by atoms with E-state index < -0.39 is 0 Å². The SMILES string of the molecule is CCc1ccncc1C1=CC=C2[C@@H]3CCC4CC(=O)CC[C@]4(C)[C@H]3CC[C@]12C. The smallest absolute Gasteiger partial charge is 0.133 e. The Kier molecular flexibility index (Phi) is 4.19. The van der Waals surface area contributed by atoms with Crippen molar-refractivity contribution in [1.29, 1.82) is 0 Å². The fourth-order valence-electron chi connectivity index (χ4n) is 7.40. The number of Topliss-reactive ketones (excluding diaryl/α,β-unsaturated/α-hetero) is 1. The first-order chi connectivity index (χ1) is 13.5.